The van der Waals surface area contributed by atoms with Crippen molar-refractivity contribution in [2.75, 3.05) is 32.7 Å². The molecule has 3 rings (SSSR count). The second-order valence-electron chi connectivity index (χ2n) is 7.66. The molecule has 0 aliphatic carbocycles. The minimum atomic E-state index is -0.0969. The molecule has 2 aliphatic heterocycles. The van der Waals surface area contributed by atoms with Crippen molar-refractivity contribution < 1.29 is 4.79 Å². The van der Waals surface area contributed by atoms with Gasteiger partial charge in [-0.25, -0.2) is 4.68 Å². The van der Waals surface area contributed by atoms with E-state index in [9.17, 15) is 4.79 Å². The fourth-order valence-electron chi connectivity index (χ4n) is 4.42. The predicted octanol–water partition coefficient (Wildman–Crippen LogP) is 2.68. The third kappa shape index (κ3) is 6.31. The summed E-state index contributed by atoms with van der Waals surface area (Å²) in [5.74, 6) is 0.527. The van der Waals surface area contributed by atoms with Crippen LogP contribution in [0.4, 0.5) is 0 Å². The van der Waals surface area contributed by atoms with E-state index in [1.165, 1.54) is 12.8 Å². The number of carbonyl (C=O) groups is 1. The zero-order chi connectivity index (χ0) is 18.4. The molecule has 2 N–H and O–H groups in total. The monoisotopic (exact) mass is 434 g/mol. The van der Waals surface area contributed by atoms with Crippen molar-refractivity contribution in [3.8, 4) is 0 Å². The van der Waals surface area contributed by atoms with E-state index < -0.39 is 0 Å². The van der Waals surface area contributed by atoms with Crippen molar-refractivity contribution >= 4 is 30.7 Å². The zero-order valence-corrected chi connectivity index (χ0v) is 18.7. The molecule has 28 heavy (non-hydrogen) atoms. The lowest BCUT2D eigenvalue weighted by Gasteiger charge is -2.33. The van der Waals surface area contributed by atoms with E-state index >= 15 is 0 Å². The van der Waals surface area contributed by atoms with Crippen LogP contribution in [0.3, 0.4) is 0 Å². The van der Waals surface area contributed by atoms with E-state index in [2.05, 4.69) is 39.7 Å². The number of amides is 1. The van der Waals surface area contributed by atoms with Crippen LogP contribution in [0.15, 0.2) is 6.20 Å². The number of hydrogen-bond acceptors (Lipinski definition) is 5. The van der Waals surface area contributed by atoms with Crippen molar-refractivity contribution in [1.82, 2.24) is 30.5 Å². The number of likely N-dealkylation sites (tertiary alicyclic amines) is 1. The number of rotatable bonds is 8. The van der Waals surface area contributed by atoms with E-state index in [1.54, 1.807) is 0 Å². The summed E-state index contributed by atoms with van der Waals surface area (Å²) in [7, 11) is 0. The van der Waals surface area contributed by atoms with Gasteiger partial charge < -0.3 is 10.6 Å². The minimum Gasteiger partial charge on any atom is -0.349 e. The van der Waals surface area contributed by atoms with Gasteiger partial charge in [-0.15, -0.1) is 29.9 Å². The third-order valence-corrected chi connectivity index (χ3v) is 6.10. The van der Waals surface area contributed by atoms with Crippen molar-refractivity contribution in [1.29, 1.82) is 0 Å². The summed E-state index contributed by atoms with van der Waals surface area (Å²) < 4.78 is 1.87. The van der Waals surface area contributed by atoms with Crippen LogP contribution in [-0.2, 0) is 0 Å². The highest BCUT2D eigenvalue weighted by Crippen LogP contribution is 2.22. The number of aromatic nitrogens is 3. The van der Waals surface area contributed by atoms with Crippen LogP contribution in [0.1, 0.15) is 68.9 Å². The second kappa shape index (κ2) is 12.6. The Morgan fingerprint density at radius 2 is 1.86 bits per heavy atom. The van der Waals surface area contributed by atoms with Gasteiger partial charge in [0.2, 0.25) is 0 Å². The van der Waals surface area contributed by atoms with Gasteiger partial charge in [0.25, 0.3) is 5.91 Å². The average Bonchev–Trinajstić information content (AvgIpc) is 3.37. The van der Waals surface area contributed by atoms with Crippen LogP contribution in [0, 0.1) is 5.92 Å². The van der Waals surface area contributed by atoms with E-state index in [4.69, 9.17) is 0 Å². The number of nitrogens with one attached hydrogen (secondary N) is 2. The normalized spacial score (nSPS) is 19.1. The van der Waals surface area contributed by atoms with Gasteiger partial charge >= 0.3 is 0 Å². The molecule has 7 nitrogen and oxygen atoms in total. The molecule has 1 unspecified atom stereocenters. The maximum absolute atomic E-state index is 12.6. The maximum Gasteiger partial charge on any atom is 0.273 e. The van der Waals surface area contributed by atoms with Gasteiger partial charge in [-0.2, -0.15) is 0 Å². The highest BCUT2D eigenvalue weighted by Gasteiger charge is 2.28. The number of piperidine rings is 1. The summed E-state index contributed by atoms with van der Waals surface area (Å²) in [6.45, 7) is 9.52. The topological polar surface area (TPSA) is 75.1 Å². The van der Waals surface area contributed by atoms with Crippen LogP contribution in [0.5, 0.6) is 0 Å². The first kappa shape index (κ1) is 25.1. The van der Waals surface area contributed by atoms with Gasteiger partial charge in [-0.05, 0) is 57.8 Å². The minimum absolute atomic E-state index is 0. The molecule has 0 saturated carbocycles. The number of hydrogen-bond donors (Lipinski definition) is 2. The molecule has 1 aromatic heterocycles. The van der Waals surface area contributed by atoms with Crippen molar-refractivity contribution in [3.63, 3.8) is 0 Å². The standard InChI is InChI=1S/C19H34N6O.2ClH/c1-3-15(4-2)18(24-11-5-6-12-24)13-21-19(26)17-14-25(23-22-17)16-7-9-20-10-8-16;;/h14-16,18,20H,3-13H2,1-2H3,(H,21,26);2*1H. The van der Waals surface area contributed by atoms with E-state index in [1.807, 2.05) is 10.9 Å². The molecule has 162 valence electrons. The fourth-order valence-corrected chi connectivity index (χ4v) is 4.42. The highest BCUT2D eigenvalue weighted by molar-refractivity contribution is 5.91. The van der Waals surface area contributed by atoms with Crippen molar-refractivity contribution in [3.05, 3.63) is 11.9 Å². The second-order valence-corrected chi connectivity index (χ2v) is 7.66. The lowest BCUT2D eigenvalue weighted by atomic mass is 9.93. The Hall–Kier alpha value is -0.890. The fraction of sp³-hybridized carbons (Fsp3) is 0.842. The Morgan fingerprint density at radius 1 is 1.21 bits per heavy atom. The third-order valence-electron chi connectivity index (χ3n) is 6.10. The molecule has 3 heterocycles. The maximum atomic E-state index is 12.6. The van der Waals surface area contributed by atoms with Crippen LogP contribution in [0.2, 0.25) is 0 Å². The van der Waals surface area contributed by atoms with E-state index in [0.717, 1.165) is 51.9 Å². The van der Waals surface area contributed by atoms with Gasteiger partial charge in [0, 0.05) is 12.6 Å². The molecule has 0 aromatic carbocycles. The van der Waals surface area contributed by atoms with Gasteiger partial charge in [0.1, 0.15) is 0 Å². The Morgan fingerprint density at radius 3 is 2.46 bits per heavy atom. The average molecular weight is 435 g/mol. The molecule has 1 amide bonds. The summed E-state index contributed by atoms with van der Waals surface area (Å²) >= 11 is 0. The Kier molecular flexibility index (Phi) is 11.3. The largest absolute Gasteiger partial charge is 0.349 e. The molecule has 2 fully saturated rings. The number of nitrogens with zero attached hydrogens (tertiary/aromatic N) is 4. The molecule has 1 aromatic rings. The van der Waals surface area contributed by atoms with E-state index in [0.29, 0.717) is 30.2 Å². The first-order valence-corrected chi connectivity index (χ1v) is 10.4. The van der Waals surface area contributed by atoms with Crippen LogP contribution >= 0.6 is 24.8 Å². The summed E-state index contributed by atoms with van der Waals surface area (Å²) in [5.41, 5.74) is 0.438. The molecular weight excluding hydrogens is 399 g/mol. The highest BCUT2D eigenvalue weighted by atomic mass is 35.5. The lowest BCUT2D eigenvalue weighted by molar-refractivity contribution is 0.0913. The van der Waals surface area contributed by atoms with Gasteiger partial charge in [0.15, 0.2) is 5.69 Å². The Bertz CT molecular complexity index is 567. The first-order chi connectivity index (χ1) is 12.7. The summed E-state index contributed by atoms with van der Waals surface area (Å²) in [6.07, 6.45) is 8.74. The summed E-state index contributed by atoms with van der Waals surface area (Å²) in [5, 5.41) is 14.8. The smallest absolute Gasteiger partial charge is 0.273 e. The van der Waals surface area contributed by atoms with Gasteiger partial charge in [-0.3, -0.25) is 9.69 Å². The van der Waals surface area contributed by atoms with Crippen molar-refractivity contribution in [2.24, 2.45) is 5.92 Å². The SMILES string of the molecule is CCC(CC)C(CNC(=O)c1cn(C2CCNCC2)nn1)N1CCCC1.Cl.Cl. The molecule has 9 heteroatoms. The predicted molar refractivity (Wildman–Crippen MR) is 117 cm³/mol. The molecule has 2 saturated heterocycles. The number of carbonyl (C=O) groups excluding carboxylic acids is 1. The van der Waals surface area contributed by atoms with Crippen molar-refractivity contribution in [2.45, 2.75) is 64.5 Å². The molecule has 0 radical (unpaired) electrons. The molecule has 0 spiro atoms. The molecular formula is C19H36Cl2N6O. The Labute approximate surface area is 181 Å². The first-order valence-electron chi connectivity index (χ1n) is 10.4. The Balaban J connectivity index is 0.00000196. The lowest BCUT2D eigenvalue weighted by Crippen LogP contribution is -2.46. The molecule has 1 atom stereocenters. The quantitative estimate of drug-likeness (QED) is 0.657. The molecule has 0 bridgehead atoms. The molecule has 2 aliphatic rings. The van der Waals surface area contributed by atoms with Gasteiger partial charge in [0.05, 0.1) is 12.2 Å². The number of halogens is 2. The van der Waals surface area contributed by atoms with Crippen LogP contribution < -0.4 is 10.6 Å². The van der Waals surface area contributed by atoms with Gasteiger partial charge in [-0.1, -0.05) is 31.9 Å². The van der Waals surface area contributed by atoms with E-state index in [-0.39, 0.29) is 30.7 Å². The summed E-state index contributed by atoms with van der Waals surface area (Å²) in [4.78, 5) is 15.2. The zero-order valence-electron chi connectivity index (χ0n) is 17.1. The summed E-state index contributed by atoms with van der Waals surface area (Å²) in [6, 6.07) is 0.781. The van der Waals surface area contributed by atoms with Crippen LogP contribution in [-0.4, -0.2) is 64.6 Å². The van der Waals surface area contributed by atoms with Crippen LogP contribution in [0.25, 0.3) is 0 Å².